The Morgan fingerprint density at radius 2 is 1.87 bits per heavy atom. The van der Waals surface area contributed by atoms with Crippen LogP contribution in [0.1, 0.15) is 37.3 Å². The molecule has 0 unspecified atom stereocenters. The van der Waals surface area contributed by atoms with Gasteiger partial charge in [0, 0.05) is 31.1 Å². The average molecular weight is 445 g/mol. The van der Waals surface area contributed by atoms with Gasteiger partial charge in [0.05, 0.1) is 10.1 Å². The minimum Gasteiger partial charge on any atom is -0.352 e. The molecule has 1 aliphatic carbocycles. The third-order valence-corrected chi connectivity index (χ3v) is 8.01. The van der Waals surface area contributed by atoms with Gasteiger partial charge in [-0.05, 0) is 67.6 Å². The minimum absolute atomic E-state index is 0.114. The van der Waals surface area contributed by atoms with E-state index in [1.807, 2.05) is 0 Å². The summed E-state index contributed by atoms with van der Waals surface area (Å²) >= 11 is 0. The Kier molecular flexibility index (Phi) is 5.83. The molecule has 1 saturated carbocycles. The molecule has 0 saturated heterocycles. The van der Waals surface area contributed by atoms with Crippen molar-refractivity contribution in [1.82, 2.24) is 5.32 Å². The summed E-state index contributed by atoms with van der Waals surface area (Å²) in [5.74, 6) is -0.504. The molecule has 2 amide bonds. The summed E-state index contributed by atoms with van der Waals surface area (Å²) in [5.41, 5.74) is 2.37. The number of amides is 2. The number of fused-ring (bicyclic) bond motifs is 1. The largest absolute Gasteiger partial charge is 0.352 e. The molecule has 4 rings (SSSR count). The summed E-state index contributed by atoms with van der Waals surface area (Å²) in [6.07, 6.45) is 2.31. The van der Waals surface area contributed by atoms with E-state index in [0.29, 0.717) is 13.0 Å². The van der Waals surface area contributed by atoms with Crippen molar-refractivity contribution < 1.29 is 22.4 Å². The van der Waals surface area contributed by atoms with Crippen LogP contribution in [0.4, 0.5) is 10.1 Å². The topological polar surface area (TPSA) is 83.6 Å². The number of benzene rings is 2. The predicted molar refractivity (Wildman–Crippen MR) is 115 cm³/mol. The fourth-order valence-electron chi connectivity index (χ4n) is 3.81. The molecule has 1 fully saturated rings. The van der Waals surface area contributed by atoms with Gasteiger partial charge in [-0.1, -0.05) is 12.1 Å². The number of rotatable bonds is 7. The van der Waals surface area contributed by atoms with Crippen LogP contribution < -0.4 is 10.2 Å². The lowest BCUT2D eigenvalue weighted by molar-refractivity contribution is -0.121. The van der Waals surface area contributed by atoms with Crippen LogP contribution >= 0.6 is 0 Å². The van der Waals surface area contributed by atoms with Crippen LogP contribution in [-0.2, 0) is 32.4 Å². The summed E-state index contributed by atoms with van der Waals surface area (Å²) < 4.78 is 39.0. The van der Waals surface area contributed by atoms with E-state index in [1.165, 1.54) is 25.1 Å². The van der Waals surface area contributed by atoms with Crippen LogP contribution in [0.15, 0.2) is 47.4 Å². The maximum atomic E-state index is 13.0. The second-order valence-corrected chi connectivity index (χ2v) is 10.6. The molecule has 2 aliphatic rings. The lowest BCUT2D eigenvalue weighted by Crippen LogP contribution is -2.30. The van der Waals surface area contributed by atoms with Gasteiger partial charge in [-0.25, -0.2) is 12.8 Å². The summed E-state index contributed by atoms with van der Waals surface area (Å²) in [6, 6.07) is 10.6. The number of carbonyl (C=O) groups excluding carboxylic acids is 2. The van der Waals surface area contributed by atoms with Gasteiger partial charge in [0.2, 0.25) is 11.8 Å². The highest BCUT2D eigenvalue weighted by Gasteiger charge is 2.37. The molecule has 1 aliphatic heterocycles. The van der Waals surface area contributed by atoms with Gasteiger partial charge in [0.1, 0.15) is 5.82 Å². The van der Waals surface area contributed by atoms with Crippen LogP contribution in [0, 0.1) is 11.7 Å². The van der Waals surface area contributed by atoms with Crippen LogP contribution in [-0.4, -0.2) is 32.0 Å². The zero-order chi connectivity index (χ0) is 22.2. The highest BCUT2D eigenvalue weighted by Crippen LogP contribution is 2.37. The summed E-state index contributed by atoms with van der Waals surface area (Å²) in [6.45, 7) is 2.30. The zero-order valence-electron chi connectivity index (χ0n) is 17.3. The molecule has 0 aromatic heterocycles. The van der Waals surface area contributed by atoms with E-state index in [-0.39, 0.29) is 41.4 Å². The first-order valence-electron chi connectivity index (χ1n) is 10.4. The number of nitrogens with one attached hydrogen (secondary N) is 1. The van der Waals surface area contributed by atoms with E-state index in [9.17, 15) is 22.4 Å². The Morgan fingerprint density at radius 1 is 1.16 bits per heavy atom. The Labute approximate surface area is 181 Å². The standard InChI is InChI=1S/C23H25FN2O4S/c1-15(12-22(27)25-14-16-2-6-19(24)7-3-16)31(29,30)20-8-9-21-18(13-20)10-11-26(21)23(28)17-4-5-17/h2-3,6-9,13,15,17H,4-5,10-12,14H2,1H3,(H,25,27)/t15-/m0/s1. The lowest BCUT2D eigenvalue weighted by Gasteiger charge is -2.18. The number of hydrogen-bond acceptors (Lipinski definition) is 4. The Morgan fingerprint density at radius 3 is 2.55 bits per heavy atom. The molecular weight excluding hydrogens is 419 g/mol. The second kappa shape index (κ2) is 8.42. The molecule has 1 atom stereocenters. The molecule has 2 aromatic carbocycles. The van der Waals surface area contributed by atoms with Crippen molar-refractivity contribution >= 4 is 27.3 Å². The highest BCUT2D eigenvalue weighted by atomic mass is 32.2. The minimum atomic E-state index is -3.70. The predicted octanol–water partition coefficient (Wildman–Crippen LogP) is 2.99. The van der Waals surface area contributed by atoms with Gasteiger partial charge in [0.25, 0.3) is 0 Å². The van der Waals surface area contributed by atoms with Crippen LogP contribution in [0.2, 0.25) is 0 Å². The number of carbonyl (C=O) groups is 2. The maximum Gasteiger partial charge on any atom is 0.230 e. The zero-order valence-corrected chi connectivity index (χ0v) is 18.1. The van der Waals surface area contributed by atoms with Crippen molar-refractivity contribution in [3.05, 3.63) is 59.4 Å². The van der Waals surface area contributed by atoms with Crippen molar-refractivity contribution in [2.45, 2.75) is 49.3 Å². The molecule has 164 valence electrons. The molecule has 6 nitrogen and oxygen atoms in total. The van der Waals surface area contributed by atoms with Gasteiger partial charge in [-0.3, -0.25) is 9.59 Å². The maximum absolute atomic E-state index is 13.0. The van der Waals surface area contributed by atoms with Crippen molar-refractivity contribution in [1.29, 1.82) is 0 Å². The van der Waals surface area contributed by atoms with Crippen molar-refractivity contribution in [2.24, 2.45) is 5.92 Å². The Bertz CT molecular complexity index is 1110. The highest BCUT2D eigenvalue weighted by molar-refractivity contribution is 7.92. The molecule has 0 bridgehead atoms. The number of hydrogen-bond donors (Lipinski definition) is 1. The van der Waals surface area contributed by atoms with E-state index < -0.39 is 15.1 Å². The van der Waals surface area contributed by atoms with Crippen molar-refractivity contribution in [2.75, 3.05) is 11.4 Å². The molecule has 1 heterocycles. The fraction of sp³-hybridized carbons (Fsp3) is 0.391. The first-order chi connectivity index (χ1) is 14.8. The first kappa shape index (κ1) is 21.5. The van der Waals surface area contributed by atoms with E-state index in [4.69, 9.17) is 0 Å². The van der Waals surface area contributed by atoms with Crippen LogP contribution in [0.5, 0.6) is 0 Å². The van der Waals surface area contributed by atoms with E-state index in [1.54, 1.807) is 29.2 Å². The number of halogens is 1. The third kappa shape index (κ3) is 4.63. The molecule has 1 N–H and O–H groups in total. The molecule has 31 heavy (non-hydrogen) atoms. The molecular formula is C23H25FN2O4S. The van der Waals surface area contributed by atoms with Crippen LogP contribution in [0.3, 0.4) is 0 Å². The molecule has 8 heteroatoms. The first-order valence-corrected chi connectivity index (χ1v) is 12.0. The molecule has 0 radical (unpaired) electrons. The van der Waals surface area contributed by atoms with Gasteiger partial charge in [0.15, 0.2) is 9.84 Å². The number of sulfone groups is 1. The van der Waals surface area contributed by atoms with Crippen molar-refractivity contribution in [3.63, 3.8) is 0 Å². The summed E-state index contributed by atoms with van der Waals surface area (Å²) in [4.78, 5) is 26.6. The average Bonchev–Trinajstić information content (AvgIpc) is 3.51. The van der Waals surface area contributed by atoms with Gasteiger partial charge in [-0.15, -0.1) is 0 Å². The summed E-state index contributed by atoms with van der Waals surface area (Å²) in [5, 5.41) is 1.78. The monoisotopic (exact) mass is 444 g/mol. The third-order valence-electron chi connectivity index (χ3n) is 5.87. The number of anilines is 1. The second-order valence-electron chi connectivity index (χ2n) is 8.27. The lowest BCUT2D eigenvalue weighted by atomic mass is 10.2. The van der Waals surface area contributed by atoms with Crippen molar-refractivity contribution in [3.8, 4) is 0 Å². The quantitative estimate of drug-likeness (QED) is 0.712. The van der Waals surface area contributed by atoms with Gasteiger partial charge < -0.3 is 10.2 Å². The number of nitrogens with zero attached hydrogens (tertiary/aromatic N) is 1. The van der Waals surface area contributed by atoms with E-state index in [0.717, 1.165) is 29.7 Å². The van der Waals surface area contributed by atoms with E-state index >= 15 is 0 Å². The smallest absolute Gasteiger partial charge is 0.230 e. The Hall–Kier alpha value is -2.74. The molecule has 2 aromatic rings. The van der Waals surface area contributed by atoms with Gasteiger partial charge >= 0.3 is 0 Å². The normalized spacial score (nSPS) is 16.6. The summed E-state index contributed by atoms with van der Waals surface area (Å²) in [7, 11) is -3.70. The van der Waals surface area contributed by atoms with Gasteiger partial charge in [-0.2, -0.15) is 0 Å². The Balaban J connectivity index is 1.40. The fourth-order valence-corrected chi connectivity index (χ4v) is 5.21. The SMILES string of the molecule is C[C@@H](CC(=O)NCc1ccc(F)cc1)S(=O)(=O)c1ccc2c(c1)CCN2C(=O)C1CC1. The van der Waals surface area contributed by atoms with E-state index in [2.05, 4.69) is 5.32 Å². The van der Waals surface area contributed by atoms with Crippen LogP contribution in [0.25, 0.3) is 0 Å². The molecule has 0 spiro atoms.